The molecule has 0 saturated carbocycles. The second-order valence-corrected chi connectivity index (χ2v) is 9.37. The second-order valence-electron chi connectivity index (χ2n) is 9.37. The van der Waals surface area contributed by atoms with Gasteiger partial charge in [0.2, 0.25) is 0 Å². The van der Waals surface area contributed by atoms with Crippen LogP contribution in [0.4, 0.5) is 4.79 Å². The lowest BCUT2D eigenvalue weighted by Gasteiger charge is -2.35. The van der Waals surface area contributed by atoms with Gasteiger partial charge < -0.3 is 15.0 Å². The van der Waals surface area contributed by atoms with Crippen molar-refractivity contribution < 1.29 is 19.1 Å². The van der Waals surface area contributed by atoms with Crippen molar-refractivity contribution in [1.82, 2.24) is 15.5 Å². The van der Waals surface area contributed by atoms with Gasteiger partial charge in [-0.05, 0) is 53.4 Å². The normalized spacial score (nSPS) is 28.1. The molecule has 0 aromatic carbocycles. The quantitative estimate of drug-likeness (QED) is 0.676. The Bertz CT molecular complexity index is 632. The van der Waals surface area contributed by atoms with Crippen LogP contribution in [0, 0.1) is 5.92 Å². The zero-order chi connectivity index (χ0) is 22.9. The van der Waals surface area contributed by atoms with Crippen LogP contribution < -0.4 is 10.6 Å². The maximum Gasteiger partial charge on any atom is 0.409 e. The average molecular weight is 424 g/mol. The largest absolute Gasteiger partial charge is 0.445 e. The zero-order valence-electron chi connectivity index (χ0n) is 19.8. The number of allylic oxidation sites excluding steroid dienone is 1. The third-order valence-electron chi connectivity index (χ3n) is 5.69. The molecule has 7 nitrogen and oxygen atoms in total. The maximum absolute atomic E-state index is 13.2. The van der Waals surface area contributed by atoms with Crippen LogP contribution in [0.25, 0.3) is 0 Å². The fourth-order valence-electron chi connectivity index (χ4n) is 3.88. The number of hydrogen-bond acceptors (Lipinski definition) is 6. The third-order valence-corrected chi connectivity index (χ3v) is 5.69. The number of ketones is 2. The van der Waals surface area contributed by atoms with Crippen molar-refractivity contribution in [1.29, 1.82) is 0 Å². The Morgan fingerprint density at radius 1 is 1.17 bits per heavy atom. The number of nitrogens with one attached hydrogen (secondary N) is 2. The van der Waals surface area contributed by atoms with Gasteiger partial charge in [0.15, 0.2) is 11.6 Å². The van der Waals surface area contributed by atoms with Gasteiger partial charge in [-0.1, -0.05) is 26.0 Å². The topological polar surface area (TPSA) is 87.7 Å². The molecule has 0 aromatic rings. The molecule has 1 heterocycles. The second kappa shape index (κ2) is 11.6. The van der Waals surface area contributed by atoms with Gasteiger partial charge in [-0.25, -0.2) is 4.79 Å². The Morgan fingerprint density at radius 2 is 1.83 bits per heavy atom. The first-order chi connectivity index (χ1) is 13.9. The van der Waals surface area contributed by atoms with E-state index in [1.165, 1.54) is 4.90 Å². The molecule has 7 heteroatoms. The van der Waals surface area contributed by atoms with Crippen LogP contribution in [0.3, 0.4) is 0 Å². The molecule has 2 atom stereocenters. The first-order valence-corrected chi connectivity index (χ1v) is 11.0. The highest BCUT2D eigenvalue weighted by atomic mass is 16.6. The van der Waals surface area contributed by atoms with Crippen molar-refractivity contribution in [2.24, 2.45) is 5.92 Å². The van der Waals surface area contributed by atoms with Crippen molar-refractivity contribution in [2.75, 3.05) is 26.7 Å². The van der Waals surface area contributed by atoms with E-state index in [1.54, 1.807) is 7.05 Å². The van der Waals surface area contributed by atoms with E-state index < -0.39 is 11.1 Å². The number of Topliss-reactive ketones (excluding diaryl/α,β-unsaturated/α-hetero) is 2. The van der Waals surface area contributed by atoms with Gasteiger partial charge >= 0.3 is 6.09 Å². The number of ether oxygens (including phenoxy) is 1. The molecular formula is C23H41N3O4. The molecular weight excluding hydrogens is 382 g/mol. The minimum absolute atomic E-state index is 0.0445. The number of rotatable bonds is 4. The number of cyclic esters (lactones) is 1. The highest BCUT2D eigenvalue weighted by Crippen LogP contribution is 2.21. The van der Waals surface area contributed by atoms with Gasteiger partial charge in [-0.2, -0.15) is 0 Å². The van der Waals surface area contributed by atoms with E-state index >= 15 is 0 Å². The van der Waals surface area contributed by atoms with Crippen LogP contribution >= 0.6 is 0 Å². The minimum Gasteiger partial charge on any atom is -0.445 e. The predicted octanol–water partition coefficient (Wildman–Crippen LogP) is 3.08. The Labute approximate surface area is 182 Å². The van der Waals surface area contributed by atoms with Gasteiger partial charge in [0, 0.05) is 25.6 Å². The highest BCUT2D eigenvalue weighted by Gasteiger charge is 2.38. The number of nitrogens with zero attached hydrogens (tertiary/aromatic N) is 1. The van der Waals surface area contributed by atoms with E-state index in [-0.39, 0.29) is 42.8 Å². The van der Waals surface area contributed by atoms with Crippen LogP contribution in [-0.4, -0.2) is 66.4 Å². The van der Waals surface area contributed by atoms with Crippen LogP contribution in [0.1, 0.15) is 67.2 Å². The number of hydrogen-bond donors (Lipinski definition) is 2. The molecule has 0 unspecified atom stereocenters. The molecule has 0 radical (unpaired) electrons. The fourth-order valence-corrected chi connectivity index (χ4v) is 3.88. The Morgan fingerprint density at radius 3 is 2.43 bits per heavy atom. The summed E-state index contributed by atoms with van der Waals surface area (Å²) in [7, 11) is 1.69. The Kier molecular flexibility index (Phi) is 10.2. The van der Waals surface area contributed by atoms with Gasteiger partial charge in [0.1, 0.15) is 6.61 Å². The summed E-state index contributed by atoms with van der Waals surface area (Å²) in [5, 5.41) is 6.67. The van der Waals surface area contributed by atoms with E-state index in [2.05, 4.69) is 10.6 Å². The summed E-state index contributed by atoms with van der Waals surface area (Å²) in [4.78, 5) is 39.8. The molecule has 0 aromatic heterocycles. The SMILES string of the molecule is CC(C)N[C@]1(C)CCC=CCOC(=O)N(C)CCC[C@@](C)(C(=O)C(C)C)NCC1=O. The van der Waals surface area contributed by atoms with Crippen molar-refractivity contribution in [3.05, 3.63) is 12.2 Å². The van der Waals surface area contributed by atoms with Crippen LogP contribution in [0.2, 0.25) is 0 Å². The van der Waals surface area contributed by atoms with E-state index in [0.717, 1.165) is 0 Å². The molecule has 0 bridgehead atoms. The summed E-state index contributed by atoms with van der Waals surface area (Å²) in [6.45, 7) is 12.4. The Balaban J connectivity index is 3.11. The summed E-state index contributed by atoms with van der Waals surface area (Å²) in [6.07, 6.45) is 5.82. The zero-order valence-corrected chi connectivity index (χ0v) is 19.8. The third kappa shape index (κ3) is 7.84. The number of carbonyl (C=O) groups is 3. The van der Waals surface area contributed by atoms with Gasteiger partial charge in [-0.3, -0.25) is 14.9 Å². The molecule has 0 spiro atoms. The van der Waals surface area contributed by atoms with Crippen molar-refractivity contribution in [2.45, 2.75) is 84.3 Å². The van der Waals surface area contributed by atoms with Crippen molar-refractivity contribution >= 4 is 17.7 Å². The van der Waals surface area contributed by atoms with Gasteiger partial charge in [0.05, 0.1) is 17.6 Å². The van der Waals surface area contributed by atoms with Crippen LogP contribution in [-0.2, 0) is 14.3 Å². The lowest BCUT2D eigenvalue weighted by atomic mass is 9.83. The fraction of sp³-hybridized carbons (Fsp3) is 0.783. The summed E-state index contributed by atoms with van der Waals surface area (Å²) >= 11 is 0. The van der Waals surface area contributed by atoms with Crippen molar-refractivity contribution in [3.8, 4) is 0 Å². The van der Waals surface area contributed by atoms with E-state index in [1.807, 2.05) is 53.7 Å². The number of amides is 1. The Hall–Kier alpha value is -1.73. The predicted molar refractivity (Wildman–Crippen MR) is 120 cm³/mol. The monoisotopic (exact) mass is 423 g/mol. The molecule has 2 N–H and O–H groups in total. The van der Waals surface area contributed by atoms with Gasteiger partial charge in [-0.15, -0.1) is 0 Å². The molecule has 0 saturated heterocycles. The van der Waals surface area contributed by atoms with Crippen LogP contribution in [0.15, 0.2) is 12.2 Å². The molecule has 0 fully saturated rings. The molecule has 1 amide bonds. The molecule has 1 rings (SSSR count). The lowest BCUT2D eigenvalue weighted by molar-refractivity contribution is -0.129. The molecule has 0 aliphatic carbocycles. The summed E-state index contributed by atoms with van der Waals surface area (Å²) in [5.74, 6) is -0.0395. The van der Waals surface area contributed by atoms with E-state index in [4.69, 9.17) is 4.74 Å². The minimum atomic E-state index is -0.829. The molecule has 1 aliphatic rings. The smallest absolute Gasteiger partial charge is 0.409 e. The summed E-state index contributed by atoms with van der Waals surface area (Å²) < 4.78 is 5.27. The summed E-state index contributed by atoms with van der Waals surface area (Å²) in [5.41, 5.74) is -1.54. The van der Waals surface area contributed by atoms with Gasteiger partial charge in [0.25, 0.3) is 0 Å². The first kappa shape index (κ1) is 26.3. The van der Waals surface area contributed by atoms with E-state index in [0.29, 0.717) is 32.2 Å². The standard InChI is InChI=1S/C23H41N3O4/c1-17(2)20(28)23(6)13-11-14-26(7)21(29)30-15-10-8-9-12-22(5,25-18(3)4)19(27)16-24-23/h8,10,17-18,24-25H,9,11-16H2,1-7H3/t22-,23+/m1/s1. The van der Waals surface area contributed by atoms with E-state index in [9.17, 15) is 14.4 Å². The first-order valence-electron chi connectivity index (χ1n) is 11.0. The molecule has 30 heavy (non-hydrogen) atoms. The molecule has 172 valence electrons. The van der Waals surface area contributed by atoms with Crippen molar-refractivity contribution in [3.63, 3.8) is 0 Å². The average Bonchev–Trinajstić information content (AvgIpc) is 2.66. The molecule has 1 aliphatic heterocycles. The van der Waals surface area contributed by atoms with Crippen LogP contribution in [0.5, 0.6) is 0 Å². The lowest BCUT2D eigenvalue weighted by Crippen LogP contribution is -2.59. The maximum atomic E-state index is 13.2. The number of carbonyl (C=O) groups excluding carboxylic acids is 3. The summed E-state index contributed by atoms with van der Waals surface area (Å²) in [6, 6.07) is 0.147. The highest BCUT2D eigenvalue weighted by molar-refractivity contribution is 5.93.